The van der Waals surface area contributed by atoms with Crippen molar-refractivity contribution in [3.63, 3.8) is 0 Å². The lowest BCUT2D eigenvalue weighted by molar-refractivity contribution is -0.137. The molecule has 0 aliphatic heterocycles. The van der Waals surface area contributed by atoms with E-state index in [2.05, 4.69) is 10.0 Å². The van der Waals surface area contributed by atoms with Gasteiger partial charge in [0, 0.05) is 25.6 Å². The van der Waals surface area contributed by atoms with Gasteiger partial charge in [-0.1, -0.05) is 19.1 Å². The number of carboxylic acid groups (broad SMARTS) is 1. The quantitative estimate of drug-likeness (QED) is 0.407. The fourth-order valence-electron chi connectivity index (χ4n) is 1.92. The number of sulfonamides is 1. The first-order chi connectivity index (χ1) is 11.8. The number of hydrogen-bond acceptors (Lipinski definition) is 4. The highest BCUT2D eigenvalue weighted by atomic mass is 32.2. The van der Waals surface area contributed by atoms with Crippen LogP contribution in [0.25, 0.3) is 6.08 Å². The van der Waals surface area contributed by atoms with Crippen LogP contribution in [0.3, 0.4) is 0 Å². The van der Waals surface area contributed by atoms with Gasteiger partial charge in [0.2, 0.25) is 15.9 Å². The number of aliphatic carboxylic acids is 1. The Bertz CT molecular complexity index is 696. The van der Waals surface area contributed by atoms with Crippen LogP contribution in [0.5, 0.6) is 0 Å². The highest BCUT2D eigenvalue weighted by molar-refractivity contribution is 7.89. The topological polar surface area (TPSA) is 113 Å². The molecule has 0 spiro atoms. The van der Waals surface area contributed by atoms with Crippen molar-refractivity contribution in [1.82, 2.24) is 10.0 Å². The van der Waals surface area contributed by atoms with Gasteiger partial charge in [-0.25, -0.2) is 13.1 Å². The Balaban J connectivity index is 2.47. The first kappa shape index (κ1) is 20.9. The molecule has 0 fully saturated rings. The fraction of sp³-hybridized carbons (Fsp3) is 0.412. The number of carbonyl (C=O) groups is 2. The van der Waals surface area contributed by atoms with Crippen LogP contribution in [0.1, 0.15) is 38.2 Å². The van der Waals surface area contributed by atoms with Crippen LogP contribution >= 0.6 is 0 Å². The predicted octanol–water partition coefficient (Wildman–Crippen LogP) is 1.76. The minimum Gasteiger partial charge on any atom is -0.481 e. The zero-order valence-corrected chi connectivity index (χ0v) is 15.0. The summed E-state index contributed by atoms with van der Waals surface area (Å²) < 4.78 is 26.4. The number of carbonyl (C=O) groups excluding carboxylic acids is 1. The van der Waals surface area contributed by atoms with Crippen LogP contribution in [-0.2, 0) is 19.6 Å². The van der Waals surface area contributed by atoms with E-state index in [0.29, 0.717) is 37.9 Å². The van der Waals surface area contributed by atoms with E-state index in [1.165, 1.54) is 18.2 Å². The Morgan fingerprint density at radius 1 is 1.12 bits per heavy atom. The van der Waals surface area contributed by atoms with Gasteiger partial charge in [-0.2, -0.15) is 0 Å². The van der Waals surface area contributed by atoms with Crippen molar-refractivity contribution in [2.75, 3.05) is 13.1 Å². The molecule has 0 aliphatic carbocycles. The second kappa shape index (κ2) is 10.6. The van der Waals surface area contributed by atoms with Crippen LogP contribution in [-0.4, -0.2) is 38.5 Å². The van der Waals surface area contributed by atoms with E-state index >= 15 is 0 Å². The number of benzene rings is 1. The Morgan fingerprint density at radius 3 is 2.40 bits per heavy atom. The molecule has 8 heteroatoms. The second-order valence-corrected chi connectivity index (χ2v) is 7.21. The second-order valence-electron chi connectivity index (χ2n) is 5.44. The molecule has 0 saturated carbocycles. The van der Waals surface area contributed by atoms with Crippen molar-refractivity contribution in [3.8, 4) is 0 Å². The van der Waals surface area contributed by atoms with Gasteiger partial charge in [0.15, 0.2) is 0 Å². The average molecular weight is 368 g/mol. The maximum atomic E-state index is 12.0. The minimum atomic E-state index is -3.49. The smallest absolute Gasteiger partial charge is 0.303 e. The highest BCUT2D eigenvalue weighted by Gasteiger charge is 2.11. The average Bonchev–Trinajstić information content (AvgIpc) is 2.58. The lowest BCUT2D eigenvalue weighted by atomic mass is 10.2. The lowest BCUT2D eigenvalue weighted by Gasteiger charge is -2.05. The Hall–Kier alpha value is -2.19. The molecule has 1 aromatic carbocycles. The number of carboxylic acids is 1. The van der Waals surface area contributed by atoms with E-state index in [1.54, 1.807) is 18.2 Å². The van der Waals surface area contributed by atoms with Crippen molar-refractivity contribution in [1.29, 1.82) is 0 Å². The van der Waals surface area contributed by atoms with Gasteiger partial charge in [-0.3, -0.25) is 9.59 Å². The number of nitrogens with one attached hydrogen (secondary N) is 2. The maximum absolute atomic E-state index is 12.0. The molecule has 3 N–H and O–H groups in total. The summed E-state index contributed by atoms with van der Waals surface area (Å²) in [5.74, 6) is -1.13. The summed E-state index contributed by atoms with van der Waals surface area (Å²) in [5, 5.41) is 11.2. The Kier molecular flexibility index (Phi) is 8.87. The van der Waals surface area contributed by atoms with Gasteiger partial charge in [0.05, 0.1) is 4.90 Å². The third-order valence-electron chi connectivity index (χ3n) is 3.28. The summed E-state index contributed by atoms with van der Waals surface area (Å²) in [6, 6.07) is 6.22. The summed E-state index contributed by atoms with van der Waals surface area (Å²) >= 11 is 0. The van der Waals surface area contributed by atoms with Gasteiger partial charge in [-0.15, -0.1) is 0 Å². The van der Waals surface area contributed by atoms with Gasteiger partial charge >= 0.3 is 5.97 Å². The summed E-state index contributed by atoms with van der Waals surface area (Å²) in [5.41, 5.74) is 0.704. The minimum absolute atomic E-state index is 0.0913. The molecule has 7 nitrogen and oxygen atoms in total. The summed E-state index contributed by atoms with van der Waals surface area (Å²) in [6.45, 7) is 2.68. The van der Waals surface area contributed by atoms with Gasteiger partial charge in [-0.05, 0) is 43.0 Å². The zero-order chi connectivity index (χ0) is 18.7. The molecular formula is C17H24N2O5S. The number of unbranched alkanes of at least 4 members (excludes halogenated alkanes) is 1. The van der Waals surface area contributed by atoms with Crippen molar-refractivity contribution < 1.29 is 23.1 Å². The molecular weight excluding hydrogens is 344 g/mol. The number of amides is 1. The molecule has 0 unspecified atom stereocenters. The van der Waals surface area contributed by atoms with Crippen LogP contribution in [0, 0.1) is 0 Å². The molecule has 0 atom stereocenters. The SMILES string of the molecule is CCCNS(=O)(=O)c1ccc(/C=C/C(=O)NCCCCC(=O)O)cc1. The number of rotatable bonds is 11. The normalized spacial score (nSPS) is 11.6. The molecule has 0 heterocycles. The van der Waals surface area contributed by atoms with E-state index in [0.717, 1.165) is 0 Å². The van der Waals surface area contributed by atoms with Crippen molar-refractivity contribution in [2.45, 2.75) is 37.5 Å². The fourth-order valence-corrected chi connectivity index (χ4v) is 3.06. The summed E-state index contributed by atoms with van der Waals surface area (Å²) in [7, 11) is -3.49. The van der Waals surface area contributed by atoms with Crippen molar-refractivity contribution in [2.24, 2.45) is 0 Å². The molecule has 0 aromatic heterocycles. The first-order valence-electron chi connectivity index (χ1n) is 8.12. The molecule has 1 rings (SSSR count). The molecule has 138 valence electrons. The molecule has 25 heavy (non-hydrogen) atoms. The Morgan fingerprint density at radius 2 is 1.80 bits per heavy atom. The third-order valence-corrected chi connectivity index (χ3v) is 4.75. The van der Waals surface area contributed by atoms with E-state index in [1.807, 2.05) is 6.92 Å². The summed E-state index contributed by atoms with van der Waals surface area (Å²) in [4.78, 5) is 22.2. The largest absolute Gasteiger partial charge is 0.481 e. The summed E-state index contributed by atoms with van der Waals surface area (Å²) in [6.07, 6.45) is 4.86. The van der Waals surface area contributed by atoms with Crippen LogP contribution in [0.4, 0.5) is 0 Å². The molecule has 0 aliphatic rings. The third kappa shape index (κ3) is 8.46. The van der Waals surface area contributed by atoms with Crippen LogP contribution < -0.4 is 10.0 Å². The molecule has 0 saturated heterocycles. The first-order valence-corrected chi connectivity index (χ1v) is 9.61. The van der Waals surface area contributed by atoms with Gasteiger partial charge in [0.1, 0.15) is 0 Å². The molecule has 0 bridgehead atoms. The van der Waals surface area contributed by atoms with Crippen molar-refractivity contribution >= 4 is 28.0 Å². The van der Waals surface area contributed by atoms with Crippen LogP contribution in [0.15, 0.2) is 35.2 Å². The predicted molar refractivity (Wildman–Crippen MR) is 95.5 cm³/mol. The molecule has 0 radical (unpaired) electrons. The van der Waals surface area contributed by atoms with Crippen LogP contribution in [0.2, 0.25) is 0 Å². The highest BCUT2D eigenvalue weighted by Crippen LogP contribution is 2.11. The van der Waals surface area contributed by atoms with Gasteiger partial charge < -0.3 is 10.4 Å². The zero-order valence-electron chi connectivity index (χ0n) is 14.2. The number of hydrogen-bond donors (Lipinski definition) is 3. The lowest BCUT2D eigenvalue weighted by Crippen LogP contribution is -2.24. The molecule has 1 aromatic rings. The maximum Gasteiger partial charge on any atom is 0.303 e. The van der Waals surface area contributed by atoms with E-state index in [4.69, 9.17) is 5.11 Å². The van der Waals surface area contributed by atoms with E-state index in [9.17, 15) is 18.0 Å². The van der Waals surface area contributed by atoms with Gasteiger partial charge in [0.25, 0.3) is 0 Å². The van der Waals surface area contributed by atoms with Crippen molar-refractivity contribution in [3.05, 3.63) is 35.9 Å². The van der Waals surface area contributed by atoms with E-state index < -0.39 is 16.0 Å². The molecule has 1 amide bonds. The van der Waals surface area contributed by atoms with E-state index in [-0.39, 0.29) is 17.2 Å². The Labute approximate surface area is 148 Å². The monoisotopic (exact) mass is 368 g/mol. The standard InChI is InChI=1S/C17H24N2O5S/c1-2-12-19-25(23,24)15-9-6-14(7-10-15)8-11-16(20)18-13-4-3-5-17(21)22/h6-11,19H,2-5,12-13H2,1H3,(H,18,20)(H,21,22)/b11-8+.